The first kappa shape index (κ1) is 17.7. The van der Waals surface area contributed by atoms with Gasteiger partial charge in [-0.05, 0) is 16.5 Å². The zero-order valence-electron chi connectivity index (χ0n) is 13.8. The lowest BCUT2D eigenvalue weighted by Crippen LogP contribution is -2.30. The van der Waals surface area contributed by atoms with Crippen molar-refractivity contribution in [1.29, 1.82) is 5.41 Å². The van der Waals surface area contributed by atoms with E-state index in [2.05, 4.69) is 49.9 Å². The Morgan fingerprint density at radius 1 is 1.19 bits per heavy atom. The number of nitrogens with one attached hydrogen (secondary N) is 1. The Kier molecular flexibility index (Phi) is 6.85. The van der Waals surface area contributed by atoms with Crippen LogP contribution in [-0.2, 0) is 16.7 Å². The molecule has 0 spiro atoms. The van der Waals surface area contributed by atoms with E-state index in [1.54, 1.807) is 7.11 Å². The predicted octanol–water partition coefficient (Wildman–Crippen LogP) is 2.76. The Morgan fingerprint density at radius 3 is 2.29 bits per heavy atom. The van der Waals surface area contributed by atoms with Gasteiger partial charge in [0.15, 0.2) is 0 Å². The van der Waals surface area contributed by atoms with E-state index in [-0.39, 0.29) is 11.3 Å². The fourth-order valence-electron chi connectivity index (χ4n) is 2.14. The number of nitrogens with zero attached hydrogens (tertiary/aromatic N) is 1. The summed E-state index contributed by atoms with van der Waals surface area (Å²) in [6.07, 6.45) is 0.601. The van der Waals surface area contributed by atoms with E-state index >= 15 is 0 Å². The fraction of sp³-hybridized carbons (Fsp3) is 0.588. The summed E-state index contributed by atoms with van der Waals surface area (Å²) in [4.78, 5) is 2.27. The van der Waals surface area contributed by atoms with Gasteiger partial charge in [0.25, 0.3) is 0 Å². The molecule has 1 aromatic rings. The number of hydrogen-bond donors (Lipinski definition) is 2. The van der Waals surface area contributed by atoms with Crippen LogP contribution in [0.3, 0.4) is 0 Å². The third-order valence-electron chi connectivity index (χ3n) is 3.54. The van der Waals surface area contributed by atoms with Crippen LogP contribution in [0.1, 0.15) is 38.3 Å². The average Bonchev–Trinajstić information content (AvgIpc) is 2.41. The molecule has 0 radical (unpaired) electrons. The van der Waals surface area contributed by atoms with Gasteiger partial charge in [0.2, 0.25) is 0 Å². The molecular formula is C17H29N3O. The van der Waals surface area contributed by atoms with Gasteiger partial charge in [-0.15, -0.1) is 0 Å². The standard InChI is InChI=1S/C17H29N3O/c1-17(2,3)15-7-5-14(6-8-15)13-20(11-12-21-4)10-9-16(18)19/h5-8H,9-13H2,1-4H3,(H3,18,19). The molecule has 0 aliphatic rings. The van der Waals surface area contributed by atoms with E-state index < -0.39 is 0 Å². The van der Waals surface area contributed by atoms with Gasteiger partial charge in [0.1, 0.15) is 0 Å². The van der Waals surface area contributed by atoms with Crippen molar-refractivity contribution in [3.05, 3.63) is 35.4 Å². The SMILES string of the molecule is COCCN(CCC(=N)N)Cc1ccc(C(C)(C)C)cc1. The van der Waals surface area contributed by atoms with E-state index in [4.69, 9.17) is 15.9 Å². The number of methoxy groups -OCH3 is 1. The topological polar surface area (TPSA) is 62.3 Å². The molecule has 0 aliphatic carbocycles. The summed E-state index contributed by atoms with van der Waals surface area (Å²) in [5.74, 6) is 0.237. The quantitative estimate of drug-likeness (QED) is 0.572. The zero-order chi connectivity index (χ0) is 15.9. The second-order valence-corrected chi connectivity index (χ2v) is 6.49. The Labute approximate surface area is 128 Å². The van der Waals surface area contributed by atoms with Crippen LogP contribution >= 0.6 is 0 Å². The molecule has 0 atom stereocenters. The molecule has 21 heavy (non-hydrogen) atoms. The number of benzene rings is 1. The molecule has 4 nitrogen and oxygen atoms in total. The summed E-state index contributed by atoms with van der Waals surface area (Å²) in [6.45, 7) is 9.86. The summed E-state index contributed by atoms with van der Waals surface area (Å²) in [6, 6.07) is 8.78. The highest BCUT2D eigenvalue weighted by molar-refractivity contribution is 5.76. The van der Waals surface area contributed by atoms with Gasteiger partial charge in [-0.2, -0.15) is 0 Å². The summed E-state index contributed by atoms with van der Waals surface area (Å²) in [5.41, 5.74) is 8.27. The summed E-state index contributed by atoms with van der Waals surface area (Å²) in [5, 5.41) is 7.36. The number of ether oxygens (including phenoxy) is 1. The molecular weight excluding hydrogens is 262 g/mol. The summed E-state index contributed by atoms with van der Waals surface area (Å²) in [7, 11) is 1.71. The zero-order valence-corrected chi connectivity index (χ0v) is 13.8. The maximum absolute atomic E-state index is 7.36. The van der Waals surface area contributed by atoms with Crippen molar-refractivity contribution in [2.24, 2.45) is 5.73 Å². The van der Waals surface area contributed by atoms with Crippen molar-refractivity contribution in [3.8, 4) is 0 Å². The molecule has 0 fully saturated rings. The van der Waals surface area contributed by atoms with Gasteiger partial charge in [0.05, 0.1) is 12.4 Å². The van der Waals surface area contributed by atoms with Crippen LogP contribution in [-0.4, -0.2) is 37.5 Å². The van der Waals surface area contributed by atoms with Gasteiger partial charge >= 0.3 is 0 Å². The molecule has 3 N–H and O–H groups in total. The lowest BCUT2D eigenvalue weighted by molar-refractivity contribution is 0.145. The molecule has 4 heteroatoms. The van der Waals surface area contributed by atoms with Crippen molar-refractivity contribution in [1.82, 2.24) is 4.90 Å². The Balaban J connectivity index is 2.66. The maximum atomic E-state index is 7.36. The van der Waals surface area contributed by atoms with Crippen LogP contribution in [0.25, 0.3) is 0 Å². The number of rotatable bonds is 8. The van der Waals surface area contributed by atoms with Gasteiger partial charge in [-0.1, -0.05) is 45.0 Å². The van der Waals surface area contributed by atoms with Crippen LogP contribution in [0, 0.1) is 5.41 Å². The second-order valence-electron chi connectivity index (χ2n) is 6.49. The minimum atomic E-state index is 0.183. The highest BCUT2D eigenvalue weighted by atomic mass is 16.5. The fourth-order valence-corrected chi connectivity index (χ4v) is 2.14. The number of amidine groups is 1. The van der Waals surface area contributed by atoms with E-state index in [0.717, 1.165) is 19.6 Å². The van der Waals surface area contributed by atoms with E-state index in [1.165, 1.54) is 11.1 Å². The molecule has 118 valence electrons. The summed E-state index contributed by atoms with van der Waals surface area (Å²) >= 11 is 0. The van der Waals surface area contributed by atoms with Crippen LogP contribution in [0.2, 0.25) is 0 Å². The van der Waals surface area contributed by atoms with Crippen molar-refractivity contribution >= 4 is 5.84 Å². The first-order valence-corrected chi connectivity index (χ1v) is 7.46. The van der Waals surface area contributed by atoms with Crippen LogP contribution < -0.4 is 5.73 Å². The van der Waals surface area contributed by atoms with Crippen LogP contribution in [0.5, 0.6) is 0 Å². The summed E-state index contributed by atoms with van der Waals surface area (Å²) < 4.78 is 5.15. The minimum Gasteiger partial charge on any atom is -0.388 e. The molecule has 0 heterocycles. The highest BCUT2D eigenvalue weighted by Gasteiger charge is 2.13. The molecule has 0 amide bonds. The lowest BCUT2D eigenvalue weighted by atomic mass is 9.87. The molecule has 0 saturated heterocycles. The normalized spacial score (nSPS) is 11.9. The van der Waals surface area contributed by atoms with Crippen molar-refractivity contribution in [2.75, 3.05) is 26.8 Å². The smallest absolute Gasteiger partial charge is 0.0918 e. The second kappa shape index (κ2) is 8.15. The van der Waals surface area contributed by atoms with Crippen molar-refractivity contribution in [2.45, 2.75) is 39.2 Å². The predicted molar refractivity (Wildman–Crippen MR) is 88.8 cm³/mol. The van der Waals surface area contributed by atoms with Crippen LogP contribution in [0.15, 0.2) is 24.3 Å². The van der Waals surface area contributed by atoms with E-state index in [0.29, 0.717) is 13.0 Å². The van der Waals surface area contributed by atoms with Crippen molar-refractivity contribution in [3.63, 3.8) is 0 Å². The molecule has 0 saturated carbocycles. The molecule has 1 rings (SSSR count). The largest absolute Gasteiger partial charge is 0.388 e. The molecule has 0 unspecified atom stereocenters. The number of nitrogens with two attached hydrogens (primary N) is 1. The third kappa shape index (κ3) is 6.74. The molecule has 0 aliphatic heterocycles. The first-order chi connectivity index (χ1) is 9.82. The van der Waals surface area contributed by atoms with E-state index in [9.17, 15) is 0 Å². The minimum absolute atomic E-state index is 0.183. The van der Waals surface area contributed by atoms with Gasteiger partial charge in [-0.25, -0.2) is 0 Å². The van der Waals surface area contributed by atoms with Gasteiger partial charge in [-0.3, -0.25) is 10.3 Å². The van der Waals surface area contributed by atoms with Crippen LogP contribution in [0.4, 0.5) is 0 Å². The molecule has 0 bridgehead atoms. The monoisotopic (exact) mass is 291 g/mol. The maximum Gasteiger partial charge on any atom is 0.0918 e. The van der Waals surface area contributed by atoms with E-state index in [1.807, 2.05) is 0 Å². The van der Waals surface area contributed by atoms with Gasteiger partial charge < -0.3 is 10.5 Å². The Morgan fingerprint density at radius 2 is 1.81 bits per heavy atom. The van der Waals surface area contributed by atoms with Gasteiger partial charge in [0, 0.05) is 33.2 Å². The third-order valence-corrected chi connectivity index (χ3v) is 3.54. The molecule has 0 aromatic heterocycles. The lowest BCUT2D eigenvalue weighted by Gasteiger charge is -2.23. The van der Waals surface area contributed by atoms with Crippen molar-refractivity contribution < 1.29 is 4.74 Å². The highest BCUT2D eigenvalue weighted by Crippen LogP contribution is 2.22. The first-order valence-electron chi connectivity index (χ1n) is 7.46. The average molecular weight is 291 g/mol. The number of hydrogen-bond acceptors (Lipinski definition) is 3. The Hall–Kier alpha value is -1.39. The molecule has 1 aromatic carbocycles. The Bertz CT molecular complexity index is 434.